The second-order valence-corrected chi connectivity index (χ2v) is 9.60. The van der Waals surface area contributed by atoms with Crippen LogP contribution < -0.4 is 5.32 Å². The molecule has 3 aliphatic rings. The van der Waals surface area contributed by atoms with E-state index in [1.54, 1.807) is 7.11 Å². The molecule has 0 unspecified atom stereocenters. The standard InChI is InChI=1S/C25H35NO5/c1-16(2)11-12-20-24(4,31-20)22-21(28-5)19(13-14-25(22)15-29-25)30-23(27)26-17(3)18-9-7-6-8-10-18/h6-11,17,19-22H,12-15H2,1-5H3,(H,26,27)/t17-,19+,20+,21+,22+,24-,25-/m0/s1. The van der Waals surface area contributed by atoms with Crippen molar-refractivity contribution in [2.45, 2.75) is 82.5 Å². The van der Waals surface area contributed by atoms with Crippen LogP contribution in [0.25, 0.3) is 0 Å². The number of carbonyl (C=O) groups is 1. The van der Waals surface area contributed by atoms with Crippen LogP contribution in [0, 0.1) is 5.92 Å². The van der Waals surface area contributed by atoms with Crippen molar-refractivity contribution in [1.82, 2.24) is 5.32 Å². The van der Waals surface area contributed by atoms with Gasteiger partial charge in [-0.3, -0.25) is 0 Å². The molecule has 1 N–H and O–H groups in total. The van der Waals surface area contributed by atoms with Crippen molar-refractivity contribution in [3.8, 4) is 0 Å². The Morgan fingerprint density at radius 1 is 1.32 bits per heavy atom. The lowest BCUT2D eigenvalue weighted by Crippen LogP contribution is -2.56. The van der Waals surface area contributed by atoms with Gasteiger partial charge in [-0.1, -0.05) is 42.0 Å². The third-order valence-corrected chi connectivity index (χ3v) is 7.13. The molecule has 1 spiro atoms. The van der Waals surface area contributed by atoms with E-state index in [0.29, 0.717) is 0 Å². The van der Waals surface area contributed by atoms with E-state index in [9.17, 15) is 4.79 Å². The molecule has 170 valence electrons. The van der Waals surface area contributed by atoms with Crippen molar-refractivity contribution in [2.75, 3.05) is 13.7 Å². The van der Waals surface area contributed by atoms with E-state index in [0.717, 1.165) is 31.4 Å². The minimum atomic E-state index is -0.419. The number of ether oxygens (including phenoxy) is 4. The molecule has 2 aliphatic heterocycles. The molecule has 1 aliphatic carbocycles. The maximum atomic E-state index is 12.7. The summed E-state index contributed by atoms with van der Waals surface area (Å²) in [6, 6.07) is 9.73. The largest absolute Gasteiger partial charge is 0.443 e. The number of benzene rings is 1. The highest BCUT2D eigenvalue weighted by molar-refractivity contribution is 5.68. The summed E-state index contributed by atoms with van der Waals surface area (Å²) >= 11 is 0. The van der Waals surface area contributed by atoms with Crippen LogP contribution in [0.2, 0.25) is 0 Å². The highest BCUT2D eigenvalue weighted by Gasteiger charge is 2.72. The molecule has 1 aromatic carbocycles. The molecule has 0 bridgehead atoms. The lowest BCUT2D eigenvalue weighted by molar-refractivity contribution is -0.118. The third-order valence-electron chi connectivity index (χ3n) is 7.13. The summed E-state index contributed by atoms with van der Waals surface area (Å²) in [7, 11) is 1.69. The number of methoxy groups -OCH3 is 1. The first-order valence-electron chi connectivity index (χ1n) is 11.3. The zero-order chi connectivity index (χ0) is 22.2. The molecule has 3 fully saturated rings. The summed E-state index contributed by atoms with van der Waals surface area (Å²) in [6.07, 6.45) is 3.77. The van der Waals surface area contributed by atoms with Crippen molar-refractivity contribution < 1.29 is 23.7 Å². The molecule has 4 rings (SSSR count). The second-order valence-electron chi connectivity index (χ2n) is 9.60. The first-order valence-corrected chi connectivity index (χ1v) is 11.3. The van der Waals surface area contributed by atoms with Gasteiger partial charge in [-0.25, -0.2) is 4.79 Å². The number of allylic oxidation sites excluding steroid dienone is 1. The van der Waals surface area contributed by atoms with Crippen molar-refractivity contribution in [3.05, 3.63) is 47.5 Å². The first-order chi connectivity index (χ1) is 14.8. The predicted molar refractivity (Wildman–Crippen MR) is 118 cm³/mol. The summed E-state index contributed by atoms with van der Waals surface area (Å²) < 4.78 is 24.0. The molecule has 7 atom stereocenters. The fraction of sp³-hybridized carbons (Fsp3) is 0.640. The van der Waals surface area contributed by atoms with Gasteiger partial charge in [0.15, 0.2) is 0 Å². The van der Waals surface area contributed by atoms with E-state index in [1.807, 2.05) is 37.3 Å². The van der Waals surface area contributed by atoms with Crippen molar-refractivity contribution in [2.24, 2.45) is 5.92 Å². The van der Waals surface area contributed by atoms with Crippen LogP contribution in [0.1, 0.15) is 58.6 Å². The molecule has 1 amide bonds. The van der Waals surface area contributed by atoms with Crippen molar-refractivity contribution in [1.29, 1.82) is 0 Å². The van der Waals surface area contributed by atoms with Crippen LogP contribution in [-0.2, 0) is 18.9 Å². The Kier molecular flexibility index (Phi) is 6.16. The molecule has 0 aromatic heterocycles. The Balaban J connectivity index is 1.43. The van der Waals surface area contributed by atoms with Gasteiger partial charge >= 0.3 is 6.09 Å². The fourth-order valence-electron chi connectivity index (χ4n) is 5.24. The SMILES string of the molecule is CO[C@@H]1[C@H](OC(=O)N[C@@H](C)c2ccccc2)CC[C@]2(CO2)[C@H]1[C@@]1(C)O[C@@H]1CC=C(C)C. The average molecular weight is 430 g/mol. The molecule has 1 aromatic rings. The number of rotatable bonds is 7. The van der Waals surface area contributed by atoms with Gasteiger partial charge in [0.2, 0.25) is 0 Å². The number of hydrogen-bond donors (Lipinski definition) is 1. The summed E-state index contributed by atoms with van der Waals surface area (Å²) in [4.78, 5) is 12.7. The monoisotopic (exact) mass is 429 g/mol. The molecule has 2 heterocycles. The lowest BCUT2D eigenvalue weighted by Gasteiger charge is -2.42. The maximum Gasteiger partial charge on any atom is 0.407 e. The Bertz CT molecular complexity index is 816. The number of nitrogens with one attached hydrogen (secondary N) is 1. The fourth-order valence-corrected chi connectivity index (χ4v) is 5.24. The zero-order valence-corrected chi connectivity index (χ0v) is 19.2. The van der Waals surface area contributed by atoms with E-state index < -0.39 is 6.09 Å². The third kappa shape index (κ3) is 4.52. The molecule has 0 radical (unpaired) electrons. The van der Waals surface area contributed by atoms with Gasteiger partial charge in [0.05, 0.1) is 24.7 Å². The highest BCUT2D eigenvalue weighted by Crippen LogP contribution is 2.59. The highest BCUT2D eigenvalue weighted by atomic mass is 16.6. The minimum Gasteiger partial charge on any atom is -0.443 e. The van der Waals surface area contributed by atoms with Gasteiger partial charge < -0.3 is 24.3 Å². The number of hydrogen-bond acceptors (Lipinski definition) is 5. The number of amides is 1. The van der Waals surface area contributed by atoms with Crippen LogP contribution in [-0.4, -0.2) is 49.3 Å². The lowest BCUT2D eigenvalue weighted by atomic mass is 9.68. The van der Waals surface area contributed by atoms with Crippen LogP contribution in [0.5, 0.6) is 0 Å². The average Bonchev–Trinajstić information content (AvgIpc) is 3.65. The molecular weight excluding hydrogens is 394 g/mol. The minimum absolute atomic E-state index is 0.0265. The van der Waals surface area contributed by atoms with Gasteiger partial charge in [0.25, 0.3) is 0 Å². The van der Waals surface area contributed by atoms with Gasteiger partial charge in [0, 0.05) is 7.11 Å². The first kappa shape index (κ1) is 22.3. The van der Waals surface area contributed by atoms with E-state index in [2.05, 4.69) is 32.2 Å². The summed E-state index contributed by atoms with van der Waals surface area (Å²) in [6.45, 7) is 9.02. The quantitative estimate of drug-likeness (QED) is 0.508. The Morgan fingerprint density at radius 2 is 2.03 bits per heavy atom. The Hall–Kier alpha value is -1.89. The zero-order valence-electron chi connectivity index (χ0n) is 19.2. The van der Waals surface area contributed by atoms with Crippen LogP contribution in [0.3, 0.4) is 0 Å². The van der Waals surface area contributed by atoms with Gasteiger partial charge in [-0.05, 0) is 52.5 Å². The molecular formula is C25H35NO5. The maximum absolute atomic E-state index is 12.7. The normalized spacial score (nSPS) is 37.1. The van der Waals surface area contributed by atoms with Crippen molar-refractivity contribution in [3.63, 3.8) is 0 Å². The van der Waals surface area contributed by atoms with Crippen LogP contribution >= 0.6 is 0 Å². The topological polar surface area (TPSA) is 72.6 Å². The predicted octanol–water partition coefficient (Wildman–Crippen LogP) is 4.55. The van der Waals surface area contributed by atoms with Crippen molar-refractivity contribution >= 4 is 6.09 Å². The second kappa shape index (κ2) is 8.57. The van der Waals surface area contributed by atoms with Crippen LogP contribution in [0.15, 0.2) is 42.0 Å². The summed E-state index contributed by atoms with van der Waals surface area (Å²) in [5, 5.41) is 2.95. The van der Waals surface area contributed by atoms with Gasteiger partial charge in [0.1, 0.15) is 23.4 Å². The molecule has 6 heteroatoms. The molecule has 1 saturated carbocycles. The number of carbonyl (C=O) groups excluding carboxylic acids is 1. The summed E-state index contributed by atoms with van der Waals surface area (Å²) in [5.74, 6) is 0.0265. The molecule has 6 nitrogen and oxygen atoms in total. The van der Waals surface area contributed by atoms with E-state index >= 15 is 0 Å². The van der Waals surface area contributed by atoms with Crippen LogP contribution in [0.4, 0.5) is 4.79 Å². The number of epoxide rings is 2. The van der Waals surface area contributed by atoms with E-state index in [-0.39, 0.29) is 41.5 Å². The smallest absolute Gasteiger partial charge is 0.407 e. The van der Waals surface area contributed by atoms with E-state index in [1.165, 1.54) is 5.57 Å². The van der Waals surface area contributed by atoms with Gasteiger partial charge in [-0.2, -0.15) is 0 Å². The molecule has 31 heavy (non-hydrogen) atoms. The summed E-state index contributed by atoms with van der Waals surface area (Å²) in [5.41, 5.74) is 1.77. The van der Waals surface area contributed by atoms with Gasteiger partial charge in [-0.15, -0.1) is 0 Å². The van der Waals surface area contributed by atoms with E-state index in [4.69, 9.17) is 18.9 Å². The Labute approximate surface area is 185 Å². The molecule has 2 saturated heterocycles. The number of alkyl carbamates (subject to hydrolysis) is 1. The Morgan fingerprint density at radius 3 is 2.65 bits per heavy atom.